The molecular formula is C13H18FN3. The summed E-state index contributed by atoms with van der Waals surface area (Å²) in [7, 11) is 0. The largest absolute Gasteiger partial charge is 0.314 e. The Morgan fingerprint density at radius 1 is 1.35 bits per heavy atom. The van der Waals surface area contributed by atoms with Crippen molar-refractivity contribution in [1.82, 2.24) is 15.2 Å². The van der Waals surface area contributed by atoms with Crippen LogP contribution in [0.25, 0.3) is 0 Å². The average molecular weight is 235 g/mol. The Hall–Kier alpha value is -1.00. The van der Waals surface area contributed by atoms with Gasteiger partial charge in [-0.2, -0.15) is 4.39 Å². The Morgan fingerprint density at radius 2 is 2.12 bits per heavy atom. The van der Waals surface area contributed by atoms with Crippen LogP contribution in [0.3, 0.4) is 0 Å². The fourth-order valence-electron chi connectivity index (χ4n) is 2.74. The van der Waals surface area contributed by atoms with E-state index in [9.17, 15) is 4.39 Å². The van der Waals surface area contributed by atoms with Crippen LogP contribution in [0.2, 0.25) is 0 Å². The van der Waals surface area contributed by atoms with Crippen molar-refractivity contribution in [3.8, 4) is 0 Å². The molecule has 1 aliphatic heterocycles. The third-order valence-corrected chi connectivity index (χ3v) is 3.72. The van der Waals surface area contributed by atoms with Crippen LogP contribution in [-0.4, -0.2) is 36.1 Å². The zero-order chi connectivity index (χ0) is 11.7. The molecule has 1 N–H and O–H groups in total. The van der Waals surface area contributed by atoms with E-state index in [-0.39, 0.29) is 12.0 Å². The van der Waals surface area contributed by atoms with Gasteiger partial charge in [0.25, 0.3) is 0 Å². The smallest absolute Gasteiger partial charge is 0.217 e. The van der Waals surface area contributed by atoms with Crippen LogP contribution in [-0.2, 0) is 0 Å². The van der Waals surface area contributed by atoms with E-state index in [1.165, 1.54) is 19.0 Å². The molecule has 1 saturated heterocycles. The number of halogens is 1. The molecule has 0 unspecified atom stereocenters. The van der Waals surface area contributed by atoms with E-state index in [2.05, 4.69) is 15.2 Å². The molecule has 1 atom stereocenters. The molecule has 0 spiro atoms. The molecule has 1 aromatic heterocycles. The number of hydrogen-bond acceptors (Lipinski definition) is 3. The van der Waals surface area contributed by atoms with Gasteiger partial charge in [-0.3, -0.25) is 4.90 Å². The van der Waals surface area contributed by atoms with Crippen molar-refractivity contribution in [2.24, 2.45) is 5.92 Å². The van der Waals surface area contributed by atoms with Gasteiger partial charge in [-0.1, -0.05) is 6.07 Å². The van der Waals surface area contributed by atoms with Crippen molar-refractivity contribution < 1.29 is 4.39 Å². The first-order valence-electron chi connectivity index (χ1n) is 6.41. The highest BCUT2D eigenvalue weighted by atomic mass is 19.1. The fourth-order valence-corrected chi connectivity index (χ4v) is 2.74. The van der Waals surface area contributed by atoms with E-state index in [4.69, 9.17) is 0 Å². The number of rotatable bonds is 3. The van der Waals surface area contributed by atoms with Gasteiger partial charge in [-0.15, -0.1) is 0 Å². The third-order valence-electron chi connectivity index (χ3n) is 3.72. The summed E-state index contributed by atoms with van der Waals surface area (Å²) in [6, 6.07) is 3.98. The summed E-state index contributed by atoms with van der Waals surface area (Å²) >= 11 is 0. The first-order valence-corrected chi connectivity index (χ1v) is 6.41. The van der Waals surface area contributed by atoms with Gasteiger partial charge in [-0.25, -0.2) is 4.98 Å². The first kappa shape index (κ1) is 11.1. The maximum absolute atomic E-state index is 13.8. The second-order valence-corrected chi connectivity index (χ2v) is 4.95. The lowest BCUT2D eigenvalue weighted by Gasteiger charge is -2.35. The predicted octanol–water partition coefficient (Wildman–Crippen LogP) is 1.58. The lowest BCUT2D eigenvalue weighted by Crippen LogP contribution is -2.45. The minimum Gasteiger partial charge on any atom is -0.314 e. The maximum atomic E-state index is 13.8. The van der Waals surface area contributed by atoms with Crippen LogP contribution >= 0.6 is 0 Å². The summed E-state index contributed by atoms with van der Waals surface area (Å²) < 4.78 is 13.8. The molecule has 4 heteroatoms. The summed E-state index contributed by atoms with van der Waals surface area (Å²) in [4.78, 5) is 6.21. The van der Waals surface area contributed by atoms with Crippen LogP contribution in [0.15, 0.2) is 18.3 Å². The van der Waals surface area contributed by atoms with Gasteiger partial charge in [0, 0.05) is 44.0 Å². The van der Waals surface area contributed by atoms with Crippen molar-refractivity contribution in [2.75, 3.05) is 26.2 Å². The van der Waals surface area contributed by atoms with Crippen molar-refractivity contribution >= 4 is 0 Å². The van der Waals surface area contributed by atoms with Crippen LogP contribution in [0, 0.1) is 11.9 Å². The van der Waals surface area contributed by atoms with E-state index in [1.54, 1.807) is 0 Å². The molecule has 2 heterocycles. The highest BCUT2D eigenvalue weighted by molar-refractivity contribution is 5.19. The first-order chi connectivity index (χ1) is 8.36. The number of nitrogens with zero attached hydrogens (tertiary/aromatic N) is 2. The zero-order valence-corrected chi connectivity index (χ0v) is 9.90. The molecule has 92 valence electrons. The van der Waals surface area contributed by atoms with Crippen molar-refractivity contribution in [1.29, 1.82) is 0 Å². The molecule has 0 aromatic carbocycles. The summed E-state index contributed by atoms with van der Waals surface area (Å²) in [5, 5.41) is 3.34. The van der Waals surface area contributed by atoms with Gasteiger partial charge in [0.15, 0.2) is 0 Å². The second-order valence-electron chi connectivity index (χ2n) is 4.95. The molecule has 0 radical (unpaired) electrons. The molecule has 3 nitrogen and oxygen atoms in total. The molecular weight excluding hydrogens is 217 g/mol. The highest BCUT2D eigenvalue weighted by Crippen LogP contribution is 2.44. The Labute approximate surface area is 101 Å². The van der Waals surface area contributed by atoms with Crippen molar-refractivity contribution in [3.05, 3.63) is 29.8 Å². The van der Waals surface area contributed by atoms with Gasteiger partial charge < -0.3 is 5.32 Å². The lowest BCUT2D eigenvalue weighted by molar-refractivity contribution is 0.152. The number of nitrogens with one attached hydrogen (secondary N) is 1. The van der Waals surface area contributed by atoms with Crippen LogP contribution < -0.4 is 5.32 Å². The number of hydrogen-bond donors (Lipinski definition) is 1. The second kappa shape index (κ2) is 4.70. The minimum atomic E-state index is -0.289. The number of aromatic nitrogens is 1. The average Bonchev–Trinajstić information content (AvgIpc) is 3.18. The topological polar surface area (TPSA) is 28.2 Å². The van der Waals surface area contributed by atoms with Gasteiger partial charge in [-0.05, 0) is 24.8 Å². The molecule has 17 heavy (non-hydrogen) atoms. The summed E-state index contributed by atoms with van der Waals surface area (Å²) in [5.74, 6) is 0.342. The molecule has 0 amide bonds. The van der Waals surface area contributed by atoms with Crippen LogP contribution in [0.4, 0.5) is 4.39 Å². The molecule has 2 aliphatic rings. The maximum Gasteiger partial charge on any atom is 0.217 e. The molecule has 1 saturated carbocycles. The molecule has 2 fully saturated rings. The van der Waals surface area contributed by atoms with Gasteiger partial charge in [0.05, 0.1) is 0 Å². The molecule has 0 bridgehead atoms. The summed E-state index contributed by atoms with van der Waals surface area (Å²) in [6.45, 7) is 4.03. The Balaban J connectivity index is 1.86. The quantitative estimate of drug-likeness (QED) is 0.806. The van der Waals surface area contributed by atoms with E-state index in [1.807, 2.05) is 12.1 Å². The SMILES string of the molecule is Fc1ncccc1[C@@H](C1CC1)N1CCNCC1. The monoisotopic (exact) mass is 235 g/mol. The number of pyridine rings is 1. The Kier molecular flexibility index (Phi) is 3.07. The van der Waals surface area contributed by atoms with Crippen molar-refractivity contribution in [3.63, 3.8) is 0 Å². The van der Waals surface area contributed by atoms with E-state index in [0.29, 0.717) is 5.92 Å². The van der Waals surface area contributed by atoms with E-state index >= 15 is 0 Å². The van der Waals surface area contributed by atoms with Gasteiger partial charge >= 0.3 is 0 Å². The summed E-state index contributed by atoms with van der Waals surface area (Å²) in [5.41, 5.74) is 0.789. The Morgan fingerprint density at radius 3 is 2.76 bits per heavy atom. The third kappa shape index (κ3) is 2.33. The predicted molar refractivity (Wildman–Crippen MR) is 64.1 cm³/mol. The number of piperazine rings is 1. The van der Waals surface area contributed by atoms with Gasteiger partial charge in [0.1, 0.15) is 0 Å². The van der Waals surface area contributed by atoms with Gasteiger partial charge in [0.2, 0.25) is 5.95 Å². The fraction of sp³-hybridized carbons (Fsp3) is 0.615. The standard InChI is InChI=1S/C13H18FN3/c14-13-11(2-1-5-16-13)12(10-3-4-10)17-8-6-15-7-9-17/h1-2,5,10,12,15H,3-4,6-9H2/t12-/m1/s1. The van der Waals surface area contributed by atoms with Crippen molar-refractivity contribution in [2.45, 2.75) is 18.9 Å². The van der Waals surface area contributed by atoms with E-state index < -0.39 is 0 Å². The molecule has 1 aromatic rings. The highest BCUT2D eigenvalue weighted by Gasteiger charge is 2.38. The minimum absolute atomic E-state index is 0.241. The van der Waals surface area contributed by atoms with E-state index in [0.717, 1.165) is 31.7 Å². The Bertz CT molecular complexity index is 386. The summed E-state index contributed by atoms with van der Waals surface area (Å²) in [6.07, 6.45) is 3.98. The normalized spacial score (nSPS) is 23.6. The zero-order valence-electron chi connectivity index (χ0n) is 9.90. The van der Waals surface area contributed by atoms with Crippen LogP contribution in [0.5, 0.6) is 0 Å². The molecule has 1 aliphatic carbocycles. The molecule has 3 rings (SSSR count). The lowest BCUT2D eigenvalue weighted by atomic mass is 10.0. The van der Waals surface area contributed by atoms with Crippen LogP contribution in [0.1, 0.15) is 24.4 Å².